The quantitative estimate of drug-likeness (QED) is 0.847. The molecular formula is C16H15BrN2OS. The fraction of sp³-hybridized carbons (Fsp3) is 0.125. The number of hydrogen-bond donors (Lipinski definition) is 1. The van der Waals surface area contributed by atoms with Crippen LogP contribution in [0.1, 0.15) is 21.5 Å². The lowest BCUT2D eigenvalue weighted by Crippen LogP contribution is -2.27. The number of aryl methyl sites for hydroxylation is 1. The van der Waals surface area contributed by atoms with Crippen LogP contribution in [0.5, 0.6) is 0 Å². The van der Waals surface area contributed by atoms with Gasteiger partial charge >= 0.3 is 0 Å². The third kappa shape index (κ3) is 3.49. The van der Waals surface area contributed by atoms with Gasteiger partial charge in [-0.1, -0.05) is 46.3 Å². The van der Waals surface area contributed by atoms with Gasteiger partial charge in [-0.05, 0) is 36.8 Å². The van der Waals surface area contributed by atoms with E-state index in [1.807, 2.05) is 49.4 Å². The number of carbonyl (C=O) groups is 1. The van der Waals surface area contributed by atoms with Crippen molar-refractivity contribution in [1.29, 1.82) is 0 Å². The van der Waals surface area contributed by atoms with Crippen molar-refractivity contribution in [2.75, 3.05) is 11.9 Å². The number of amides is 1. The van der Waals surface area contributed by atoms with Gasteiger partial charge in [-0.25, -0.2) is 0 Å². The summed E-state index contributed by atoms with van der Waals surface area (Å²) in [5, 5.41) is 0. The highest BCUT2D eigenvalue weighted by molar-refractivity contribution is 9.10. The van der Waals surface area contributed by atoms with Crippen LogP contribution in [0.3, 0.4) is 0 Å². The van der Waals surface area contributed by atoms with E-state index in [1.165, 1.54) is 0 Å². The van der Waals surface area contributed by atoms with E-state index in [4.69, 9.17) is 18.0 Å². The number of nitrogens with two attached hydrogens (primary N) is 1. The average Bonchev–Trinajstić information content (AvgIpc) is 2.48. The molecule has 0 aromatic heterocycles. The molecule has 0 bridgehead atoms. The smallest absolute Gasteiger partial charge is 0.258 e. The minimum atomic E-state index is -0.0751. The maximum absolute atomic E-state index is 12.6. The summed E-state index contributed by atoms with van der Waals surface area (Å²) in [4.78, 5) is 14.6. The molecule has 3 nitrogen and oxygen atoms in total. The molecule has 0 aliphatic carbocycles. The molecule has 0 saturated carbocycles. The predicted octanol–water partition coefficient (Wildman–Crippen LogP) is 3.67. The van der Waals surface area contributed by atoms with Gasteiger partial charge in [0.2, 0.25) is 0 Å². The van der Waals surface area contributed by atoms with Crippen molar-refractivity contribution >= 4 is 44.7 Å². The molecular weight excluding hydrogens is 348 g/mol. The first-order chi connectivity index (χ1) is 9.90. The average molecular weight is 363 g/mol. The second-order valence-corrected chi connectivity index (χ2v) is 6.09. The van der Waals surface area contributed by atoms with Gasteiger partial charge in [0.25, 0.3) is 5.91 Å². The zero-order valence-corrected chi connectivity index (χ0v) is 14.2. The fourth-order valence-corrected chi connectivity index (χ4v) is 2.48. The van der Waals surface area contributed by atoms with E-state index in [0.717, 1.165) is 21.3 Å². The monoisotopic (exact) mass is 362 g/mol. The highest BCUT2D eigenvalue weighted by atomic mass is 79.9. The summed E-state index contributed by atoms with van der Waals surface area (Å²) in [6.45, 7) is 1.92. The minimum Gasteiger partial charge on any atom is -0.389 e. The van der Waals surface area contributed by atoms with Crippen LogP contribution in [-0.4, -0.2) is 17.9 Å². The minimum absolute atomic E-state index is 0.0751. The second-order valence-electron chi connectivity index (χ2n) is 4.74. The zero-order valence-electron chi connectivity index (χ0n) is 11.8. The van der Waals surface area contributed by atoms with E-state index in [0.29, 0.717) is 10.6 Å². The molecule has 0 aliphatic heterocycles. The van der Waals surface area contributed by atoms with Crippen molar-refractivity contribution in [3.8, 4) is 0 Å². The number of rotatable bonds is 3. The topological polar surface area (TPSA) is 46.3 Å². The third-order valence-corrected chi connectivity index (χ3v) is 3.98. The van der Waals surface area contributed by atoms with Crippen LogP contribution in [0.25, 0.3) is 0 Å². The number of nitrogens with zero attached hydrogens (tertiary/aromatic N) is 1. The Bertz CT molecular complexity index is 715. The Balaban J connectivity index is 2.37. The van der Waals surface area contributed by atoms with Crippen molar-refractivity contribution in [2.45, 2.75) is 6.92 Å². The van der Waals surface area contributed by atoms with Crippen LogP contribution in [-0.2, 0) is 0 Å². The molecule has 0 radical (unpaired) electrons. The van der Waals surface area contributed by atoms with Gasteiger partial charge in [-0.15, -0.1) is 0 Å². The molecule has 108 valence electrons. The summed E-state index contributed by atoms with van der Waals surface area (Å²) in [7, 11) is 1.74. The largest absolute Gasteiger partial charge is 0.389 e. The van der Waals surface area contributed by atoms with Gasteiger partial charge < -0.3 is 10.6 Å². The molecule has 5 heteroatoms. The van der Waals surface area contributed by atoms with Gasteiger partial charge in [0.1, 0.15) is 4.99 Å². The Labute approximate surface area is 137 Å². The molecule has 2 aromatic carbocycles. The van der Waals surface area contributed by atoms with Crippen LogP contribution in [0.4, 0.5) is 5.69 Å². The zero-order chi connectivity index (χ0) is 15.6. The van der Waals surface area contributed by atoms with E-state index in [1.54, 1.807) is 11.9 Å². The molecule has 21 heavy (non-hydrogen) atoms. The van der Waals surface area contributed by atoms with Crippen molar-refractivity contribution in [3.63, 3.8) is 0 Å². The summed E-state index contributed by atoms with van der Waals surface area (Å²) >= 11 is 8.37. The Morgan fingerprint density at radius 3 is 2.62 bits per heavy atom. The molecule has 0 saturated heterocycles. The number of halogens is 1. The van der Waals surface area contributed by atoms with E-state index in [9.17, 15) is 4.79 Å². The number of carbonyl (C=O) groups excluding carboxylic acids is 1. The predicted molar refractivity (Wildman–Crippen MR) is 93.9 cm³/mol. The van der Waals surface area contributed by atoms with E-state index >= 15 is 0 Å². The molecule has 2 rings (SSSR count). The normalized spacial score (nSPS) is 10.2. The maximum atomic E-state index is 12.6. The summed E-state index contributed by atoms with van der Waals surface area (Å²) in [5.74, 6) is -0.0751. The molecule has 0 unspecified atom stereocenters. The van der Waals surface area contributed by atoms with Gasteiger partial charge in [-0.3, -0.25) is 4.79 Å². The highest BCUT2D eigenvalue weighted by Gasteiger charge is 2.16. The molecule has 0 aliphatic rings. The third-order valence-electron chi connectivity index (χ3n) is 3.25. The van der Waals surface area contributed by atoms with Gasteiger partial charge in [0, 0.05) is 28.3 Å². The van der Waals surface area contributed by atoms with Crippen LogP contribution in [0, 0.1) is 6.92 Å². The molecule has 1 amide bonds. The lowest BCUT2D eigenvalue weighted by atomic mass is 10.1. The van der Waals surface area contributed by atoms with E-state index in [2.05, 4.69) is 15.9 Å². The van der Waals surface area contributed by atoms with Crippen molar-refractivity contribution in [2.24, 2.45) is 5.73 Å². The van der Waals surface area contributed by atoms with Crippen molar-refractivity contribution in [1.82, 2.24) is 0 Å². The first-order valence-corrected chi connectivity index (χ1v) is 7.54. The van der Waals surface area contributed by atoms with Gasteiger partial charge in [0.15, 0.2) is 0 Å². The Hall–Kier alpha value is -1.72. The number of hydrogen-bond acceptors (Lipinski definition) is 2. The Kier molecular flexibility index (Phi) is 4.75. The molecule has 0 atom stereocenters. The van der Waals surface area contributed by atoms with Crippen LogP contribution in [0.15, 0.2) is 46.9 Å². The van der Waals surface area contributed by atoms with Crippen LogP contribution < -0.4 is 10.6 Å². The van der Waals surface area contributed by atoms with E-state index < -0.39 is 0 Å². The SMILES string of the molecule is Cc1ccc(Br)cc1C(=O)N(C)c1cccc(C(N)=S)c1. The molecule has 0 spiro atoms. The number of thiocarbonyl (C=S) groups is 1. The second kappa shape index (κ2) is 6.37. The first-order valence-electron chi connectivity index (χ1n) is 6.34. The first kappa shape index (κ1) is 15.7. The molecule has 2 aromatic rings. The lowest BCUT2D eigenvalue weighted by molar-refractivity contribution is 0.0992. The van der Waals surface area contributed by atoms with Crippen LogP contribution in [0.2, 0.25) is 0 Å². The molecule has 0 fully saturated rings. The summed E-state index contributed by atoms with van der Waals surface area (Å²) < 4.78 is 0.877. The molecule has 0 heterocycles. The fourth-order valence-electron chi connectivity index (χ4n) is 1.99. The standard InChI is InChI=1S/C16H15BrN2OS/c1-10-6-7-12(17)9-14(10)16(20)19(2)13-5-3-4-11(8-13)15(18)21/h3-9H,1-2H3,(H2,18,21). The van der Waals surface area contributed by atoms with Crippen LogP contribution >= 0.6 is 28.1 Å². The van der Waals surface area contributed by atoms with Crippen molar-refractivity contribution < 1.29 is 4.79 Å². The lowest BCUT2D eigenvalue weighted by Gasteiger charge is -2.19. The Morgan fingerprint density at radius 2 is 1.95 bits per heavy atom. The molecule has 2 N–H and O–H groups in total. The van der Waals surface area contributed by atoms with Gasteiger partial charge in [0.05, 0.1) is 0 Å². The maximum Gasteiger partial charge on any atom is 0.258 e. The summed E-state index contributed by atoms with van der Waals surface area (Å²) in [6.07, 6.45) is 0. The van der Waals surface area contributed by atoms with Crippen molar-refractivity contribution in [3.05, 3.63) is 63.6 Å². The van der Waals surface area contributed by atoms with E-state index in [-0.39, 0.29) is 5.91 Å². The van der Waals surface area contributed by atoms with Gasteiger partial charge in [-0.2, -0.15) is 0 Å². The summed E-state index contributed by atoms with van der Waals surface area (Å²) in [6, 6.07) is 13.0. The Morgan fingerprint density at radius 1 is 1.24 bits per heavy atom. The number of anilines is 1. The highest BCUT2D eigenvalue weighted by Crippen LogP contribution is 2.21. The number of benzene rings is 2. The summed E-state index contributed by atoms with van der Waals surface area (Å²) in [5.41, 5.74) is 8.72.